The highest BCUT2D eigenvalue weighted by molar-refractivity contribution is 7.76. The molecule has 0 aliphatic rings. The van der Waals surface area contributed by atoms with E-state index in [4.69, 9.17) is 0 Å². The molecular formula is C20H25P. The third-order valence-electron chi connectivity index (χ3n) is 3.63. The first-order valence-electron chi connectivity index (χ1n) is 7.90. The van der Waals surface area contributed by atoms with E-state index in [0.717, 1.165) is 0 Å². The molecule has 0 heterocycles. The monoisotopic (exact) mass is 296 g/mol. The molecule has 0 aromatic heterocycles. The van der Waals surface area contributed by atoms with Crippen molar-refractivity contribution in [3.8, 4) is 0 Å². The van der Waals surface area contributed by atoms with Crippen molar-refractivity contribution < 1.29 is 0 Å². The fraction of sp³-hybridized carbons (Fsp3) is 0.300. The molecule has 0 atom stereocenters. The quantitative estimate of drug-likeness (QED) is 0.460. The number of allylic oxidation sites excluding steroid dienone is 2. The van der Waals surface area contributed by atoms with Gasteiger partial charge in [0.1, 0.15) is 0 Å². The molecular weight excluding hydrogens is 271 g/mol. The summed E-state index contributed by atoms with van der Waals surface area (Å²) < 4.78 is 0. The second kappa shape index (κ2) is 8.80. The van der Waals surface area contributed by atoms with Crippen LogP contribution in [-0.2, 0) is 0 Å². The Hall–Kier alpha value is -1.39. The van der Waals surface area contributed by atoms with E-state index in [1.54, 1.807) is 0 Å². The average molecular weight is 296 g/mol. The van der Waals surface area contributed by atoms with Crippen LogP contribution < -0.4 is 10.6 Å². The van der Waals surface area contributed by atoms with Crippen LogP contribution in [0.4, 0.5) is 0 Å². The first-order chi connectivity index (χ1) is 10.3. The highest BCUT2D eigenvalue weighted by Gasteiger charge is 2.14. The minimum Gasteiger partial charge on any atom is -0.0805 e. The summed E-state index contributed by atoms with van der Waals surface area (Å²) in [5.41, 5.74) is 0. The lowest BCUT2D eigenvalue weighted by Gasteiger charge is -2.19. The molecule has 0 saturated heterocycles. The summed E-state index contributed by atoms with van der Waals surface area (Å²) in [5, 5.41) is 4.42. The van der Waals surface area contributed by atoms with Crippen molar-refractivity contribution in [1.82, 2.24) is 0 Å². The maximum Gasteiger partial charge on any atom is -0.0154 e. The lowest BCUT2D eigenvalue weighted by atomic mass is 10.2. The first-order valence-corrected chi connectivity index (χ1v) is 9.24. The SMILES string of the molecule is CCCCC/C=C(\C)P(c1ccccc1)c1ccccc1. The van der Waals surface area contributed by atoms with Crippen LogP contribution in [0.1, 0.15) is 39.5 Å². The molecule has 110 valence electrons. The minimum atomic E-state index is -0.372. The van der Waals surface area contributed by atoms with E-state index in [0.29, 0.717) is 0 Å². The fourth-order valence-corrected chi connectivity index (χ4v) is 4.87. The highest BCUT2D eigenvalue weighted by Crippen LogP contribution is 2.42. The topological polar surface area (TPSA) is 0 Å². The van der Waals surface area contributed by atoms with Crippen LogP contribution in [-0.4, -0.2) is 0 Å². The van der Waals surface area contributed by atoms with Crippen molar-refractivity contribution in [1.29, 1.82) is 0 Å². The van der Waals surface area contributed by atoms with Gasteiger partial charge < -0.3 is 0 Å². The van der Waals surface area contributed by atoms with Gasteiger partial charge in [0, 0.05) is 0 Å². The zero-order valence-corrected chi connectivity index (χ0v) is 14.0. The predicted octanol–water partition coefficient (Wildman–Crippen LogP) is 5.60. The van der Waals surface area contributed by atoms with Crippen LogP contribution in [0, 0.1) is 0 Å². The van der Waals surface area contributed by atoms with Crippen LogP contribution in [0.3, 0.4) is 0 Å². The Bertz CT molecular complexity index is 503. The van der Waals surface area contributed by atoms with Gasteiger partial charge in [-0.05, 0) is 43.6 Å². The standard InChI is InChI=1S/C20H25P/c1-3-4-5-8-13-18(2)21(19-14-9-6-10-15-19)20-16-11-7-12-17-20/h6-7,9-17H,3-5,8H2,1-2H3/b18-13+. The van der Waals surface area contributed by atoms with Crippen LogP contribution in [0.2, 0.25) is 0 Å². The van der Waals surface area contributed by atoms with Crippen LogP contribution in [0.15, 0.2) is 72.1 Å². The summed E-state index contributed by atoms with van der Waals surface area (Å²) in [6.07, 6.45) is 7.59. The van der Waals surface area contributed by atoms with Gasteiger partial charge in [-0.1, -0.05) is 86.5 Å². The smallest absolute Gasteiger partial charge is 0.0154 e. The van der Waals surface area contributed by atoms with Gasteiger partial charge in [0.25, 0.3) is 0 Å². The van der Waals surface area contributed by atoms with Crippen molar-refractivity contribution in [2.75, 3.05) is 0 Å². The van der Waals surface area contributed by atoms with Gasteiger partial charge in [-0.2, -0.15) is 0 Å². The molecule has 0 amide bonds. The molecule has 0 spiro atoms. The molecule has 0 aliphatic carbocycles. The molecule has 0 bridgehead atoms. The third-order valence-corrected chi connectivity index (χ3v) is 6.15. The molecule has 1 heteroatoms. The number of unbranched alkanes of at least 4 members (excludes halogenated alkanes) is 3. The number of hydrogen-bond acceptors (Lipinski definition) is 0. The van der Waals surface area contributed by atoms with Gasteiger partial charge in [0.15, 0.2) is 0 Å². The van der Waals surface area contributed by atoms with E-state index in [1.807, 2.05) is 0 Å². The molecule has 0 N–H and O–H groups in total. The molecule has 0 saturated carbocycles. The molecule has 0 unspecified atom stereocenters. The van der Waals surface area contributed by atoms with E-state index < -0.39 is 0 Å². The second-order valence-electron chi connectivity index (χ2n) is 5.35. The molecule has 0 aliphatic heterocycles. The van der Waals surface area contributed by atoms with Gasteiger partial charge in [0.2, 0.25) is 0 Å². The van der Waals surface area contributed by atoms with Crippen LogP contribution >= 0.6 is 7.92 Å². The van der Waals surface area contributed by atoms with Gasteiger partial charge in [0.05, 0.1) is 0 Å². The van der Waals surface area contributed by atoms with E-state index in [1.165, 1.54) is 41.6 Å². The van der Waals surface area contributed by atoms with E-state index in [9.17, 15) is 0 Å². The Kier molecular flexibility index (Phi) is 6.70. The normalized spacial score (nSPS) is 11.9. The number of hydrogen-bond donors (Lipinski definition) is 0. The summed E-state index contributed by atoms with van der Waals surface area (Å²) in [6, 6.07) is 21.9. The Balaban J connectivity index is 2.24. The largest absolute Gasteiger partial charge is 0.0805 e. The van der Waals surface area contributed by atoms with Crippen molar-refractivity contribution in [2.24, 2.45) is 0 Å². The summed E-state index contributed by atoms with van der Waals surface area (Å²) >= 11 is 0. The van der Waals surface area contributed by atoms with Crippen molar-refractivity contribution in [3.05, 3.63) is 72.1 Å². The fourth-order valence-electron chi connectivity index (χ4n) is 2.51. The highest BCUT2D eigenvalue weighted by atomic mass is 31.1. The van der Waals surface area contributed by atoms with Gasteiger partial charge >= 0.3 is 0 Å². The van der Waals surface area contributed by atoms with Gasteiger partial charge in [-0.25, -0.2) is 0 Å². The third kappa shape index (κ3) is 4.83. The van der Waals surface area contributed by atoms with Crippen molar-refractivity contribution in [2.45, 2.75) is 39.5 Å². The first kappa shape index (κ1) is 16.0. The van der Waals surface area contributed by atoms with Gasteiger partial charge in [-0.15, -0.1) is 0 Å². The Morgan fingerprint density at radius 2 is 1.38 bits per heavy atom. The summed E-state index contributed by atoms with van der Waals surface area (Å²) in [4.78, 5) is 0. The Labute approximate surface area is 130 Å². The summed E-state index contributed by atoms with van der Waals surface area (Å²) in [6.45, 7) is 4.56. The number of rotatable bonds is 7. The number of benzene rings is 2. The molecule has 21 heavy (non-hydrogen) atoms. The Morgan fingerprint density at radius 3 is 1.86 bits per heavy atom. The molecule has 0 fully saturated rings. The molecule has 0 radical (unpaired) electrons. The summed E-state index contributed by atoms with van der Waals surface area (Å²) in [7, 11) is -0.372. The summed E-state index contributed by atoms with van der Waals surface area (Å²) in [5.74, 6) is 0. The van der Waals surface area contributed by atoms with E-state index >= 15 is 0 Å². The second-order valence-corrected chi connectivity index (χ2v) is 7.76. The van der Waals surface area contributed by atoms with Crippen LogP contribution in [0.25, 0.3) is 0 Å². The zero-order chi connectivity index (χ0) is 14.9. The molecule has 2 aromatic rings. The maximum atomic E-state index is 2.46. The van der Waals surface area contributed by atoms with Crippen LogP contribution in [0.5, 0.6) is 0 Å². The van der Waals surface area contributed by atoms with Gasteiger partial charge in [-0.3, -0.25) is 0 Å². The van der Waals surface area contributed by atoms with E-state index in [-0.39, 0.29) is 7.92 Å². The molecule has 2 aromatic carbocycles. The molecule has 0 nitrogen and oxygen atoms in total. The lowest BCUT2D eigenvalue weighted by molar-refractivity contribution is 0.728. The van der Waals surface area contributed by atoms with Crippen molar-refractivity contribution in [3.63, 3.8) is 0 Å². The molecule has 2 rings (SSSR count). The minimum absolute atomic E-state index is 0.372. The average Bonchev–Trinajstić information content (AvgIpc) is 2.54. The maximum absolute atomic E-state index is 2.46. The van der Waals surface area contributed by atoms with E-state index in [2.05, 4.69) is 80.6 Å². The predicted molar refractivity (Wildman–Crippen MR) is 97.0 cm³/mol. The Morgan fingerprint density at radius 1 is 0.857 bits per heavy atom. The lowest BCUT2D eigenvalue weighted by Crippen LogP contribution is -2.11. The van der Waals surface area contributed by atoms with Crippen molar-refractivity contribution >= 4 is 18.5 Å². The zero-order valence-electron chi connectivity index (χ0n) is 13.1.